The number of aromatic nitrogens is 1. The first-order chi connectivity index (χ1) is 11.5. The lowest BCUT2D eigenvalue weighted by Crippen LogP contribution is -2.17. The molecule has 24 heavy (non-hydrogen) atoms. The fourth-order valence-electron chi connectivity index (χ4n) is 1.78. The van der Waals surface area contributed by atoms with Crippen molar-refractivity contribution in [2.45, 2.75) is 4.90 Å². The number of nitro benzene ring substituents is 1. The smallest absolute Gasteiger partial charge is 0.340 e. The van der Waals surface area contributed by atoms with E-state index in [1.165, 1.54) is 49.5 Å². The van der Waals surface area contributed by atoms with Crippen molar-refractivity contribution in [3.8, 4) is 0 Å². The Morgan fingerprint density at radius 1 is 1.29 bits per heavy atom. The Labute approximate surface area is 141 Å². The van der Waals surface area contributed by atoms with Gasteiger partial charge in [0.25, 0.3) is 5.69 Å². The minimum atomic E-state index is -0.573. The Kier molecular flexibility index (Phi) is 5.85. The van der Waals surface area contributed by atoms with E-state index >= 15 is 0 Å². The number of nitrogens with one attached hydrogen (secondary N) is 1. The molecule has 124 valence electrons. The Bertz CT molecular complexity index is 764. The number of thioether (sulfide) groups is 1. The number of rotatable bonds is 6. The molecule has 0 atom stereocenters. The second-order valence-electron chi connectivity index (χ2n) is 4.50. The second-order valence-corrected chi connectivity index (χ2v) is 5.55. The average molecular weight is 347 g/mol. The summed E-state index contributed by atoms with van der Waals surface area (Å²) in [5.41, 5.74) is 0.460. The third-order valence-electron chi connectivity index (χ3n) is 2.92. The van der Waals surface area contributed by atoms with E-state index < -0.39 is 10.9 Å². The molecule has 0 saturated carbocycles. The highest BCUT2D eigenvalue weighted by Gasteiger charge is 2.14. The van der Waals surface area contributed by atoms with Crippen molar-refractivity contribution in [2.24, 2.45) is 0 Å². The topological polar surface area (TPSA) is 111 Å². The van der Waals surface area contributed by atoms with Crippen LogP contribution in [0.1, 0.15) is 10.4 Å². The second kappa shape index (κ2) is 8.06. The number of amides is 1. The summed E-state index contributed by atoms with van der Waals surface area (Å²) in [7, 11) is 1.25. The van der Waals surface area contributed by atoms with Crippen molar-refractivity contribution in [3.63, 3.8) is 0 Å². The van der Waals surface area contributed by atoms with E-state index in [1.807, 2.05) is 0 Å². The number of ether oxygens (including phenoxy) is 1. The van der Waals surface area contributed by atoms with E-state index in [4.69, 9.17) is 0 Å². The lowest BCUT2D eigenvalue weighted by atomic mass is 10.2. The molecule has 0 radical (unpaired) electrons. The summed E-state index contributed by atoms with van der Waals surface area (Å²) in [6.45, 7) is 0. The van der Waals surface area contributed by atoms with Crippen LogP contribution in [0.2, 0.25) is 0 Å². The number of anilines is 1. The van der Waals surface area contributed by atoms with Crippen LogP contribution in [0.4, 0.5) is 11.4 Å². The molecule has 1 amide bonds. The zero-order valence-corrected chi connectivity index (χ0v) is 13.4. The standard InChI is InChI=1S/C15H13N3O5S/c1-23-15(20)12-6-7-16-8-13(12)17-14(19)9-24-11-4-2-10(3-5-11)18(21)22/h2-8H,9H2,1H3,(H,17,19). The van der Waals surface area contributed by atoms with Gasteiger partial charge in [-0.3, -0.25) is 19.9 Å². The molecule has 0 saturated heterocycles. The minimum Gasteiger partial charge on any atom is -0.465 e. The minimum absolute atomic E-state index is 0.0121. The zero-order chi connectivity index (χ0) is 17.5. The fraction of sp³-hybridized carbons (Fsp3) is 0.133. The fourth-order valence-corrected chi connectivity index (χ4v) is 2.48. The van der Waals surface area contributed by atoms with Gasteiger partial charge < -0.3 is 10.1 Å². The molecule has 9 heteroatoms. The number of nitro groups is 1. The largest absolute Gasteiger partial charge is 0.465 e. The molecule has 1 heterocycles. The third-order valence-corrected chi connectivity index (χ3v) is 3.93. The molecule has 2 rings (SSSR count). The van der Waals surface area contributed by atoms with Gasteiger partial charge in [-0.15, -0.1) is 11.8 Å². The van der Waals surface area contributed by atoms with E-state index in [0.29, 0.717) is 0 Å². The van der Waals surface area contributed by atoms with E-state index in [0.717, 1.165) is 4.90 Å². The van der Waals surface area contributed by atoms with Gasteiger partial charge in [0.2, 0.25) is 5.91 Å². The number of non-ortho nitro benzene ring substituents is 1. The van der Waals surface area contributed by atoms with Crippen molar-refractivity contribution in [3.05, 3.63) is 58.4 Å². The van der Waals surface area contributed by atoms with Crippen molar-refractivity contribution in [2.75, 3.05) is 18.2 Å². The lowest BCUT2D eigenvalue weighted by molar-refractivity contribution is -0.384. The average Bonchev–Trinajstić information content (AvgIpc) is 2.60. The molecule has 1 aromatic carbocycles. The Hall–Kier alpha value is -2.94. The number of hydrogen-bond acceptors (Lipinski definition) is 7. The number of carbonyl (C=O) groups excluding carboxylic acids is 2. The zero-order valence-electron chi connectivity index (χ0n) is 12.6. The number of pyridine rings is 1. The number of hydrogen-bond donors (Lipinski definition) is 1. The maximum atomic E-state index is 12.0. The maximum absolute atomic E-state index is 12.0. The number of methoxy groups -OCH3 is 1. The van der Waals surface area contributed by atoms with Crippen LogP contribution in [0.5, 0.6) is 0 Å². The molecule has 1 aromatic heterocycles. The first-order valence-corrected chi connectivity index (χ1v) is 7.69. The van der Waals surface area contributed by atoms with E-state index in [1.54, 1.807) is 12.1 Å². The molecule has 0 fully saturated rings. The Morgan fingerprint density at radius 3 is 2.62 bits per heavy atom. The first-order valence-electron chi connectivity index (χ1n) is 6.70. The van der Waals surface area contributed by atoms with Crippen LogP contribution in [-0.4, -0.2) is 34.6 Å². The van der Waals surface area contributed by atoms with Gasteiger partial charge in [-0.1, -0.05) is 0 Å². The van der Waals surface area contributed by atoms with Crippen molar-refractivity contribution in [1.82, 2.24) is 4.98 Å². The van der Waals surface area contributed by atoms with Crippen LogP contribution < -0.4 is 5.32 Å². The van der Waals surface area contributed by atoms with Gasteiger partial charge in [0, 0.05) is 23.2 Å². The first kappa shape index (κ1) is 17.4. The summed E-state index contributed by atoms with van der Waals surface area (Å²) in [6.07, 6.45) is 2.79. The summed E-state index contributed by atoms with van der Waals surface area (Å²) in [5, 5.41) is 13.2. The third kappa shape index (κ3) is 4.53. The molecule has 1 N–H and O–H groups in total. The molecular formula is C15H13N3O5S. The lowest BCUT2D eigenvalue weighted by Gasteiger charge is -2.08. The van der Waals surface area contributed by atoms with Crippen LogP contribution in [-0.2, 0) is 9.53 Å². The van der Waals surface area contributed by atoms with Gasteiger partial charge in [0.1, 0.15) is 0 Å². The van der Waals surface area contributed by atoms with Crippen molar-refractivity contribution >= 4 is 35.0 Å². The summed E-state index contributed by atoms with van der Waals surface area (Å²) in [5.74, 6) is -0.833. The monoisotopic (exact) mass is 347 g/mol. The predicted octanol–water partition coefficient (Wildman–Crippen LogP) is 2.51. The van der Waals surface area contributed by atoms with E-state index in [2.05, 4.69) is 15.0 Å². The van der Waals surface area contributed by atoms with Crippen molar-refractivity contribution < 1.29 is 19.2 Å². The number of esters is 1. The molecule has 2 aromatic rings. The highest BCUT2D eigenvalue weighted by Crippen LogP contribution is 2.22. The van der Waals surface area contributed by atoms with Crippen LogP contribution in [0.3, 0.4) is 0 Å². The summed E-state index contributed by atoms with van der Waals surface area (Å²) >= 11 is 1.22. The Balaban J connectivity index is 1.96. The Morgan fingerprint density at radius 2 is 2.00 bits per heavy atom. The summed E-state index contributed by atoms with van der Waals surface area (Å²) < 4.78 is 4.64. The summed E-state index contributed by atoms with van der Waals surface area (Å²) in [6, 6.07) is 7.33. The molecule has 0 aliphatic heterocycles. The molecule has 0 bridgehead atoms. The molecule has 0 spiro atoms. The van der Waals surface area contributed by atoms with Gasteiger partial charge in [-0.05, 0) is 18.2 Å². The van der Waals surface area contributed by atoms with Gasteiger partial charge >= 0.3 is 5.97 Å². The predicted molar refractivity (Wildman–Crippen MR) is 88.0 cm³/mol. The van der Waals surface area contributed by atoms with E-state index in [-0.39, 0.29) is 28.6 Å². The van der Waals surface area contributed by atoms with Crippen LogP contribution in [0.25, 0.3) is 0 Å². The van der Waals surface area contributed by atoms with E-state index in [9.17, 15) is 19.7 Å². The molecular weight excluding hydrogens is 334 g/mol. The van der Waals surface area contributed by atoms with Gasteiger partial charge in [0.15, 0.2) is 0 Å². The molecule has 8 nitrogen and oxygen atoms in total. The van der Waals surface area contributed by atoms with Crippen LogP contribution in [0.15, 0.2) is 47.6 Å². The quantitative estimate of drug-likeness (QED) is 0.370. The van der Waals surface area contributed by atoms with Crippen LogP contribution >= 0.6 is 11.8 Å². The van der Waals surface area contributed by atoms with Gasteiger partial charge in [0.05, 0.1) is 35.2 Å². The highest BCUT2D eigenvalue weighted by atomic mass is 32.2. The van der Waals surface area contributed by atoms with Crippen LogP contribution in [0, 0.1) is 10.1 Å². The number of nitrogens with zero attached hydrogens (tertiary/aromatic N) is 2. The maximum Gasteiger partial charge on any atom is 0.340 e. The molecule has 0 aliphatic carbocycles. The SMILES string of the molecule is COC(=O)c1ccncc1NC(=O)CSc1ccc([N+](=O)[O-])cc1. The van der Waals surface area contributed by atoms with Gasteiger partial charge in [-0.25, -0.2) is 4.79 Å². The summed E-state index contributed by atoms with van der Waals surface area (Å²) in [4.78, 5) is 38.3. The molecule has 0 unspecified atom stereocenters. The van der Waals surface area contributed by atoms with Gasteiger partial charge in [-0.2, -0.15) is 0 Å². The number of carbonyl (C=O) groups is 2. The number of benzene rings is 1. The highest BCUT2D eigenvalue weighted by molar-refractivity contribution is 8.00. The normalized spacial score (nSPS) is 10.0. The van der Waals surface area contributed by atoms with Crippen molar-refractivity contribution in [1.29, 1.82) is 0 Å². The molecule has 0 aliphatic rings.